The molecule has 0 saturated heterocycles. The standard InChI is InChI=1S/C18H22N4O3/c1-11(2)6-7-19-17-9-14(20-12(3)21-17)18(23)22-13-4-5-15-16(8-13)25-10-24-15/h4-5,8-9,11H,6-7,10H2,1-3H3,(H,22,23)(H,19,20,21). The lowest BCUT2D eigenvalue weighted by molar-refractivity contribution is 0.102. The number of aromatic nitrogens is 2. The van der Waals surface area contributed by atoms with E-state index >= 15 is 0 Å². The van der Waals surface area contributed by atoms with Crippen molar-refractivity contribution in [2.24, 2.45) is 5.92 Å². The molecule has 25 heavy (non-hydrogen) atoms. The Morgan fingerprint density at radius 3 is 2.80 bits per heavy atom. The quantitative estimate of drug-likeness (QED) is 0.838. The van der Waals surface area contributed by atoms with E-state index in [0.717, 1.165) is 13.0 Å². The first-order chi connectivity index (χ1) is 12.0. The highest BCUT2D eigenvalue weighted by molar-refractivity contribution is 6.03. The van der Waals surface area contributed by atoms with E-state index in [0.29, 0.717) is 40.4 Å². The molecule has 0 fully saturated rings. The van der Waals surface area contributed by atoms with Crippen LogP contribution in [0.15, 0.2) is 24.3 Å². The molecule has 0 unspecified atom stereocenters. The Kier molecular flexibility index (Phi) is 5.02. The molecule has 0 spiro atoms. The molecular weight excluding hydrogens is 320 g/mol. The fraction of sp³-hybridized carbons (Fsp3) is 0.389. The predicted molar refractivity (Wildman–Crippen MR) is 95.2 cm³/mol. The van der Waals surface area contributed by atoms with Gasteiger partial charge in [-0.25, -0.2) is 9.97 Å². The van der Waals surface area contributed by atoms with Crippen LogP contribution in [-0.2, 0) is 0 Å². The summed E-state index contributed by atoms with van der Waals surface area (Å²) >= 11 is 0. The van der Waals surface area contributed by atoms with Crippen LogP contribution in [0.25, 0.3) is 0 Å². The van der Waals surface area contributed by atoms with E-state index in [9.17, 15) is 4.79 Å². The predicted octanol–water partition coefficient (Wildman–Crippen LogP) is 3.22. The summed E-state index contributed by atoms with van der Waals surface area (Å²) in [4.78, 5) is 21.1. The van der Waals surface area contributed by atoms with Gasteiger partial charge in [0, 0.05) is 24.4 Å². The molecule has 2 heterocycles. The minimum absolute atomic E-state index is 0.198. The van der Waals surface area contributed by atoms with E-state index in [1.54, 1.807) is 31.2 Å². The zero-order valence-corrected chi connectivity index (χ0v) is 14.6. The Labute approximate surface area is 146 Å². The molecule has 7 heteroatoms. The van der Waals surface area contributed by atoms with Crippen LogP contribution in [0.1, 0.15) is 36.6 Å². The normalized spacial score (nSPS) is 12.3. The summed E-state index contributed by atoms with van der Waals surface area (Å²) in [5.74, 6) is 2.80. The molecule has 7 nitrogen and oxygen atoms in total. The van der Waals surface area contributed by atoms with E-state index in [4.69, 9.17) is 9.47 Å². The second-order valence-electron chi connectivity index (χ2n) is 6.32. The van der Waals surface area contributed by atoms with Crippen molar-refractivity contribution in [2.45, 2.75) is 27.2 Å². The van der Waals surface area contributed by atoms with E-state index in [2.05, 4.69) is 34.4 Å². The van der Waals surface area contributed by atoms with E-state index < -0.39 is 0 Å². The number of anilines is 2. The van der Waals surface area contributed by atoms with Gasteiger partial charge in [-0.05, 0) is 31.4 Å². The zero-order valence-electron chi connectivity index (χ0n) is 14.6. The molecule has 0 radical (unpaired) electrons. The van der Waals surface area contributed by atoms with Crippen molar-refractivity contribution >= 4 is 17.4 Å². The van der Waals surface area contributed by atoms with E-state index in [-0.39, 0.29) is 12.7 Å². The summed E-state index contributed by atoms with van der Waals surface area (Å²) in [6, 6.07) is 6.93. The number of ether oxygens (including phenoxy) is 2. The Morgan fingerprint density at radius 1 is 1.20 bits per heavy atom. The molecule has 0 aliphatic carbocycles. The van der Waals surface area contributed by atoms with Crippen LogP contribution < -0.4 is 20.1 Å². The van der Waals surface area contributed by atoms with Gasteiger partial charge in [-0.2, -0.15) is 0 Å². The number of aryl methyl sites for hydroxylation is 1. The van der Waals surface area contributed by atoms with E-state index in [1.165, 1.54) is 0 Å². The second-order valence-corrected chi connectivity index (χ2v) is 6.32. The van der Waals surface area contributed by atoms with Crippen molar-refractivity contribution in [1.29, 1.82) is 0 Å². The Balaban J connectivity index is 1.70. The topological polar surface area (TPSA) is 85.4 Å². The third-order valence-electron chi connectivity index (χ3n) is 3.73. The number of rotatable bonds is 6. The Hall–Kier alpha value is -2.83. The molecule has 2 aromatic rings. The Morgan fingerprint density at radius 2 is 2.00 bits per heavy atom. The van der Waals surface area contributed by atoms with Crippen molar-refractivity contribution in [3.05, 3.63) is 35.8 Å². The molecule has 1 aromatic heterocycles. The maximum absolute atomic E-state index is 12.5. The first kappa shape index (κ1) is 17.0. The second kappa shape index (κ2) is 7.38. The Bertz CT molecular complexity index is 777. The molecule has 1 aromatic carbocycles. The van der Waals surface area contributed by atoms with Crippen LogP contribution in [0.3, 0.4) is 0 Å². The summed E-state index contributed by atoms with van der Waals surface area (Å²) in [5, 5.41) is 6.07. The maximum atomic E-state index is 12.5. The van der Waals surface area contributed by atoms with Crippen LogP contribution in [0, 0.1) is 12.8 Å². The largest absolute Gasteiger partial charge is 0.454 e. The lowest BCUT2D eigenvalue weighted by Crippen LogP contribution is -2.16. The van der Waals surface area contributed by atoms with Gasteiger partial charge in [0.2, 0.25) is 6.79 Å². The van der Waals surface area contributed by atoms with Gasteiger partial charge in [-0.1, -0.05) is 13.8 Å². The van der Waals surface area contributed by atoms with Gasteiger partial charge in [0.15, 0.2) is 11.5 Å². The van der Waals surface area contributed by atoms with E-state index in [1.807, 2.05) is 0 Å². The molecule has 0 atom stereocenters. The highest BCUT2D eigenvalue weighted by atomic mass is 16.7. The molecule has 0 saturated carbocycles. The summed E-state index contributed by atoms with van der Waals surface area (Å²) in [5.41, 5.74) is 0.942. The molecular formula is C18H22N4O3. The number of nitrogens with zero attached hydrogens (tertiary/aromatic N) is 2. The van der Waals surface area contributed by atoms with Gasteiger partial charge >= 0.3 is 0 Å². The molecule has 2 N–H and O–H groups in total. The third kappa shape index (κ3) is 4.37. The summed E-state index contributed by atoms with van der Waals surface area (Å²) in [7, 11) is 0. The van der Waals surface area contributed by atoms with Crippen LogP contribution in [-0.4, -0.2) is 29.2 Å². The van der Waals surface area contributed by atoms with Crippen LogP contribution in [0.5, 0.6) is 11.5 Å². The molecule has 1 aliphatic heterocycles. The van der Waals surface area contributed by atoms with Gasteiger partial charge in [-0.3, -0.25) is 4.79 Å². The summed E-state index contributed by atoms with van der Waals surface area (Å²) in [6.07, 6.45) is 1.03. The minimum Gasteiger partial charge on any atom is -0.454 e. The smallest absolute Gasteiger partial charge is 0.274 e. The SMILES string of the molecule is Cc1nc(NCCC(C)C)cc(C(=O)Nc2ccc3c(c2)OCO3)n1. The fourth-order valence-electron chi connectivity index (χ4n) is 2.43. The first-order valence-corrected chi connectivity index (χ1v) is 8.32. The highest BCUT2D eigenvalue weighted by Gasteiger charge is 2.16. The zero-order chi connectivity index (χ0) is 17.8. The van der Waals surface area contributed by atoms with Gasteiger partial charge in [0.25, 0.3) is 5.91 Å². The lowest BCUT2D eigenvalue weighted by Gasteiger charge is -2.10. The van der Waals surface area contributed by atoms with Crippen molar-refractivity contribution < 1.29 is 14.3 Å². The van der Waals surface area contributed by atoms with Crippen molar-refractivity contribution in [2.75, 3.05) is 24.0 Å². The van der Waals surface area contributed by atoms with Crippen LogP contribution in [0.4, 0.5) is 11.5 Å². The monoisotopic (exact) mass is 342 g/mol. The average molecular weight is 342 g/mol. The number of carbonyl (C=O) groups excluding carboxylic acids is 1. The summed E-state index contributed by atoms with van der Waals surface area (Å²) in [6.45, 7) is 7.10. The number of benzene rings is 1. The number of hydrogen-bond acceptors (Lipinski definition) is 6. The van der Waals surface area contributed by atoms with Gasteiger partial charge in [-0.15, -0.1) is 0 Å². The van der Waals surface area contributed by atoms with Crippen LogP contribution >= 0.6 is 0 Å². The van der Waals surface area contributed by atoms with Gasteiger partial charge in [0.1, 0.15) is 17.3 Å². The molecule has 1 amide bonds. The van der Waals surface area contributed by atoms with Gasteiger partial charge < -0.3 is 20.1 Å². The first-order valence-electron chi connectivity index (χ1n) is 8.32. The maximum Gasteiger partial charge on any atom is 0.274 e. The van der Waals surface area contributed by atoms with Crippen LogP contribution in [0.2, 0.25) is 0 Å². The van der Waals surface area contributed by atoms with Crippen molar-refractivity contribution in [3.63, 3.8) is 0 Å². The third-order valence-corrected chi connectivity index (χ3v) is 3.73. The number of hydrogen-bond donors (Lipinski definition) is 2. The number of nitrogens with one attached hydrogen (secondary N) is 2. The molecule has 1 aliphatic rings. The van der Waals surface area contributed by atoms with Crippen molar-refractivity contribution in [1.82, 2.24) is 9.97 Å². The molecule has 132 valence electrons. The van der Waals surface area contributed by atoms with Crippen molar-refractivity contribution in [3.8, 4) is 11.5 Å². The lowest BCUT2D eigenvalue weighted by atomic mass is 10.1. The summed E-state index contributed by atoms with van der Waals surface area (Å²) < 4.78 is 10.6. The highest BCUT2D eigenvalue weighted by Crippen LogP contribution is 2.34. The average Bonchev–Trinajstić information content (AvgIpc) is 3.01. The molecule has 3 rings (SSSR count). The number of carbonyl (C=O) groups is 1. The fourth-order valence-corrected chi connectivity index (χ4v) is 2.43. The molecule has 0 bridgehead atoms. The van der Waals surface area contributed by atoms with Gasteiger partial charge in [0.05, 0.1) is 0 Å². The number of fused-ring (bicyclic) bond motifs is 1. The number of amides is 1. The minimum atomic E-state index is -0.295.